The smallest absolute Gasteiger partial charge is 0.143 e. The molecule has 0 saturated carbocycles. The maximum atomic E-state index is 6.46. The largest absolute Gasteiger partial charge is 0.456 e. The van der Waals surface area contributed by atoms with Gasteiger partial charge in [0.2, 0.25) is 0 Å². The number of hydrogen-bond acceptors (Lipinski definition) is 2. The summed E-state index contributed by atoms with van der Waals surface area (Å²) in [5.41, 5.74) is 13.7. The van der Waals surface area contributed by atoms with Crippen LogP contribution >= 0.6 is 0 Å². The molecule has 0 bridgehead atoms. The molecule has 8 aromatic carbocycles. The fourth-order valence-electron chi connectivity index (χ4n) is 8.55. The Labute approximate surface area is 300 Å². The molecule has 1 aliphatic rings. The second-order valence-electron chi connectivity index (χ2n) is 13.9. The summed E-state index contributed by atoms with van der Waals surface area (Å²) in [6.07, 6.45) is 6.41. The molecule has 10 aromatic rings. The van der Waals surface area contributed by atoms with Gasteiger partial charge >= 0.3 is 0 Å². The van der Waals surface area contributed by atoms with Crippen molar-refractivity contribution in [2.24, 2.45) is 0 Å². The summed E-state index contributed by atoms with van der Waals surface area (Å²) in [6.45, 7) is 0. The molecule has 2 heteroatoms. The van der Waals surface area contributed by atoms with Gasteiger partial charge in [-0.25, -0.2) is 0 Å². The molecule has 2 aromatic heterocycles. The maximum absolute atomic E-state index is 6.46. The van der Waals surface area contributed by atoms with E-state index in [1.54, 1.807) is 0 Å². The first-order chi connectivity index (χ1) is 25.8. The number of benzene rings is 8. The second-order valence-corrected chi connectivity index (χ2v) is 13.9. The van der Waals surface area contributed by atoms with Crippen LogP contribution in [0.4, 0.5) is 0 Å². The molecule has 2 nitrogen and oxygen atoms in total. The summed E-state index contributed by atoms with van der Waals surface area (Å²) < 4.78 is 12.6. The van der Waals surface area contributed by atoms with Gasteiger partial charge in [-0.3, -0.25) is 0 Å². The van der Waals surface area contributed by atoms with E-state index in [1.165, 1.54) is 65.9 Å². The topological polar surface area (TPSA) is 26.3 Å². The number of fused-ring (bicyclic) bond motifs is 8. The molecule has 0 radical (unpaired) electrons. The number of furan rings is 2. The van der Waals surface area contributed by atoms with Crippen molar-refractivity contribution in [1.29, 1.82) is 0 Å². The van der Waals surface area contributed by atoms with E-state index < -0.39 is 0 Å². The van der Waals surface area contributed by atoms with Crippen LogP contribution in [0.25, 0.3) is 105 Å². The summed E-state index contributed by atoms with van der Waals surface area (Å²) in [6, 6.07) is 57.2. The van der Waals surface area contributed by atoms with Crippen molar-refractivity contribution in [2.75, 3.05) is 0 Å². The Morgan fingerprint density at radius 1 is 0.385 bits per heavy atom. The lowest BCUT2D eigenvalue weighted by atomic mass is 9.85. The minimum absolute atomic E-state index is 0.914. The van der Waals surface area contributed by atoms with Crippen LogP contribution in [0.3, 0.4) is 0 Å². The third-order valence-electron chi connectivity index (χ3n) is 11.0. The van der Waals surface area contributed by atoms with Crippen molar-refractivity contribution in [3.8, 4) is 44.5 Å². The van der Waals surface area contributed by atoms with Crippen LogP contribution in [0.5, 0.6) is 0 Å². The average Bonchev–Trinajstić information content (AvgIpc) is 3.78. The van der Waals surface area contributed by atoms with E-state index in [1.807, 2.05) is 12.1 Å². The highest BCUT2D eigenvalue weighted by Crippen LogP contribution is 2.45. The summed E-state index contributed by atoms with van der Waals surface area (Å²) in [5.74, 6) is 1.01. The predicted octanol–water partition coefficient (Wildman–Crippen LogP) is 14.3. The van der Waals surface area contributed by atoms with Gasteiger partial charge in [0.15, 0.2) is 0 Å². The van der Waals surface area contributed by atoms with Crippen LogP contribution in [-0.2, 0) is 6.42 Å². The van der Waals surface area contributed by atoms with Gasteiger partial charge in [-0.1, -0.05) is 140 Å². The zero-order chi connectivity index (χ0) is 34.2. The zero-order valence-corrected chi connectivity index (χ0v) is 28.4. The molecule has 0 N–H and O–H groups in total. The number of allylic oxidation sites excluding steroid dienone is 1. The molecule has 11 rings (SSSR count). The zero-order valence-electron chi connectivity index (χ0n) is 28.4. The van der Waals surface area contributed by atoms with Gasteiger partial charge in [-0.05, 0) is 104 Å². The first-order valence-corrected chi connectivity index (χ1v) is 18.1. The molecule has 0 spiro atoms. The summed E-state index contributed by atoms with van der Waals surface area (Å²) in [7, 11) is 0. The Morgan fingerprint density at radius 2 is 0.981 bits per heavy atom. The minimum Gasteiger partial charge on any atom is -0.456 e. The molecular formula is C50H32O2. The monoisotopic (exact) mass is 664 g/mol. The van der Waals surface area contributed by atoms with E-state index in [-0.39, 0.29) is 0 Å². The van der Waals surface area contributed by atoms with E-state index in [4.69, 9.17) is 8.83 Å². The van der Waals surface area contributed by atoms with Gasteiger partial charge in [0.05, 0.1) is 0 Å². The van der Waals surface area contributed by atoms with E-state index in [0.29, 0.717) is 0 Å². The van der Waals surface area contributed by atoms with Crippen molar-refractivity contribution in [1.82, 2.24) is 0 Å². The lowest BCUT2D eigenvalue weighted by Gasteiger charge is -2.18. The van der Waals surface area contributed by atoms with Crippen molar-refractivity contribution >= 4 is 60.5 Å². The standard InChI is InChI=1S/C50H32O2/c1-3-17-41-39(15-1)48(32-25-23-31(24-26-32)33-27-28-47-44(30-33)38-14-6-7-21-45(38)51-47)40-16-2-4-18-42(40)49(41)35-12-9-11-34(29-35)36-19-10-20-43-37-13-5-8-22-46(37)52-50(36)43/h1-5,7-13,15-30H,6,14H2. The maximum Gasteiger partial charge on any atom is 0.143 e. The van der Waals surface area contributed by atoms with E-state index in [0.717, 1.165) is 57.3 Å². The summed E-state index contributed by atoms with van der Waals surface area (Å²) >= 11 is 0. The first-order valence-electron chi connectivity index (χ1n) is 18.1. The Bertz CT molecular complexity index is 3000. The van der Waals surface area contributed by atoms with Gasteiger partial charge < -0.3 is 8.83 Å². The molecule has 0 saturated heterocycles. The Hall–Kier alpha value is -6.64. The number of para-hydroxylation sites is 2. The fourth-order valence-corrected chi connectivity index (χ4v) is 8.55. The van der Waals surface area contributed by atoms with Gasteiger partial charge in [-0.2, -0.15) is 0 Å². The Balaban J connectivity index is 1.05. The van der Waals surface area contributed by atoms with Gasteiger partial charge in [0, 0.05) is 27.3 Å². The van der Waals surface area contributed by atoms with E-state index in [9.17, 15) is 0 Å². The van der Waals surface area contributed by atoms with Gasteiger partial charge in [0.1, 0.15) is 22.5 Å². The molecule has 0 fully saturated rings. The van der Waals surface area contributed by atoms with Crippen molar-refractivity contribution < 1.29 is 8.83 Å². The molecule has 0 amide bonds. The highest BCUT2D eigenvalue weighted by Gasteiger charge is 2.19. The first kappa shape index (κ1) is 29.1. The van der Waals surface area contributed by atoms with Crippen LogP contribution in [0, 0.1) is 0 Å². The Kier molecular flexibility index (Phi) is 6.41. The number of hydrogen-bond donors (Lipinski definition) is 0. The normalized spacial score (nSPS) is 12.8. The van der Waals surface area contributed by atoms with Crippen LogP contribution in [0.1, 0.15) is 17.7 Å². The van der Waals surface area contributed by atoms with Crippen molar-refractivity contribution in [3.63, 3.8) is 0 Å². The molecule has 0 unspecified atom stereocenters. The molecule has 1 aliphatic carbocycles. The quantitative estimate of drug-likeness (QED) is 0.175. The molecular weight excluding hydrogens is 633 g/mol. The van der Waals surface area contributed by atoms with Gasteiger partial charge in [0.25, 0.3) is 0 Å². The third-order valence-corrected chi connectivity index (χ3v) is 11.0. The summed E-state index contributed by atoms with van der Waals surface area (Å²) in [4.78, 5) is 0. The minimum atomic E-state index is 0.914. The van der Waals surface area contributed by atoms with E-state index in [2.05, 4.69) is 158 Å². The highest BCUT2D eigenvalue weighted by atomic mass is 16.3. The molecule has 244 valence electrons. The molecule has 52 heavy (non-hydrogen) atoms. The fraction of sp³-hybridized carbons (Fsp3) is 0.0400. The lowest BCUT2D eigenvalue weighted by molar-refractivity contribution is 0.595. The number of rotatable bonds is 4. The van der Waals surface area contributed by atoms with Crippen molar-refractivity contribution in [2.45, 2.75) is 12.8 Å². The van der Waals surface area contributed by atoms with Crippen LogP contribution in [-0.4, -0.2) is 0 Å². The molecule has 0 atom stereocenters. The van der Waals surface area contributed by atoms with Gasteiger partial charge in [-0.15, -0.1) is 0 Å². The van der Waals surface area contributed by atoms with Crippen molar-refractivity contribution in [3.05, 3.63) is 175 Å². The highest BCUT2D eigenvalue weighted by molar-refractivity contribution is 6.21. The molecule has 2 heterocycles. The number of aryl methyl sites for hydroxylation is 1. The third kappa shape index (κ3) is 4.44. The van der Waals surface area contributed by atoms with Crippen LogP contribution < -0.4 is 0 Å². The van der Waals surface area contributed by atoms with E-state index >= 15 is 0 Å². The summed E-state index contributed by atoms with van der Waals surface area (Å²) in [5, 5.41) is 8.48. The molecule has 0 aliphatic heterocycles. The predicted molar refractivity (Wildman–Crippen MR) is 218 cm³/mol. The van der Waals surface area contributed by atoms with Crippen LogP contribution in [0.2, 0.25) is 0 Å². The Morgan fingerprint density at radius 3 is 1.75 bits per heavy atom. The average molecular weight is 665 g/mol. The second kappa shape index (κ2) is 11.4. The lowest BCUT2D eigenvalue weighted by Crippen LogP contribution is -1.91. The SMILES string of the molecule is C1=Cc2oc3ccc(-c4ccc(-c5c6ccccc6c(-c6cccc(-c7cccc8c7oc7ccccc78)c6)c6ccccc56)cc4)cc3c2CC1. The van der Waals surface area contributed by atoms with Crippen LogP contribution in [0.15, 0.2) is 173 Å².